The average Bonchev–Trinajstić information content (AvgIpc) is 2.90. The molecule has 1 aromatic rings. The molecule has 1 aliphatic carbocycles. The van der Waals surface area contributed by atoms with Crippen LogP contribution in [0.4, 0.5) is 0 Å². The first kappa shape index (κ1) is 11.3. The Balaban J connectivity index is 2.10. The summed E-state index contributed by atoms with van der Waals surface area (Å²) in [6, 6.07) is 5.42. The first-order valence-corrected chi connectivity index (χ1v) is 5.89. The summed E-state index contributed by atoms with van der Waals surface area (Å²) in [5, 5.41) is 11.3. The second-order valence-electron chi connectivity index (χ2n) is 4.61. The highest BCUT2D eigenvalue weighted by atomic mass is 35.5. The standard InChI is InChI=1S/C12H14Cl2O/c1-12(4-5-12)11(15)6-8-2-3-9(13)7-10(8)14/h2-3,7,11,15H,4-6H2,1H3. The predicted molar refractivity (Wildman–Crippen MR) is 63.5 cm³/mol. The van der Waals surface area contributed by atoms with Crippen molar-refractivity contribution in [2.75, 3.05) is 0 Å². The summed E-state index contributed by atoms with van der Waals surface area (Å²) in [7, 11) is 0. The predicted octanol–water partition coefficient (Wildman–Crippen LogP) is 3.70. The highest BCUT2D eigenvalue weighted by molar-refractivity contribution is 6.35. The van der Waals surface area contributed by atoms with Crippen LogP contribution in [0.1, 0.15) is 25.3 Å². The van der Waals surface area contributed by atoms with Gasteiger partial charge in [0.1, 0.15) is 0 Å². The molecule has 1 nitrogen and oxygen atoms in total. The van der Waals surface area contributed by atoms with Crippen molar-refractivity contribution in [3.05, 3.63) is 33.8 Å². The molecule has 15 heavy (non-hydrogen) atoms. The molecule has 82 valence electrons. The summed E-state index contributed by atoms with van der Waals surface area (Å²) in [6.07, 6.45) is 2.54. The summed E-state index contributed by atoms with van der Waals surface area (Å²) < 4.78 is 0. The van der Waals surface area contributed by atoms with Crippen LogP contribution in [0.15, 0.2) is 18.2 Å². The lowest BCUT2D eigenvalue weighted by molar-refractivity contribution is 0.103. The van der Waals surface area contributed by atoms with Gasteiger partial charge < -0.3 is 5.11 Å². The van der Waals surface area contributed by atoms with Gasteiger partial charge in [-0.2, -0.15) is 0 Å². The second-order valence-corrected chi connectivity index (χ2v) is 5.45. The quantitative estimate of drug-likeness (QED) is 0.860. The largest absolute Gasteiger partial charge is 0.392 e. The van der Waals surface area contributed by atoms with Crippen LogP contribution in [0, 0.1) is 5.41 Å². The normalized spacial score (nSPS) is 20.0. The van der Waals surface area contributed by atoms with E-state index in [9.17, 15) is 5.11 Å². The zero-order valence-electron chi connectivity index (χ0n) is 8.63. The maximum atomic E-state index is 10.0. The minimum atomic E-state index is -0.295. The van der Waals surface area contributed by atoms with E-state index in [1.807, 2.05) is 12.1 Å². The Bertz CT molecular complexity index is 372. The van der Waals surface area contributed by atoms with Gasteiger partial charge in [0.25, 0.3) is 0 Å². The van der Waals surface area contributed by atoms with Gasteiger partial charge in [-0.25, -0.2) is 0 Å². The topological polar surface area (TPSA) is 20.2 Å². The molecule has 1 unspecified atom stereocenters. The average molecular weight is 245 g/mol. The van der Waals surface area contributed by atoms with Crippen molar-refractivity contribution >= 4 is 23.2 Å². The van der Waals surface area contributed by atoms with E-state index in [2.05, 4.69) is 6.92 Å². The van der Waals surface area contributed by atoms with Gasteiger partial charge in [-0.1, -0.05) is 36.2 Å². The molecule has 1 saturated carbocycles. The molecule has 1 N–H and O–H groups in total. The van der Waals surface area contributed by atoms with Crippen LogP contribution < -0.4 is 0 Å². The van der Waals surface area contributed by atoms with Gasteiger partial charge in [-0.3, -0.25) is 0 Å². The van der Waals surface area contributed by atoms with Crippen LogP contribution in [0.5, 0.6) is 0 Å². The molecule has 1 aliphatic rings. The molecule has 0 heterocycles. The third-order valence-electron chi connectivity index (χ3n) is 3.27. The Morgan fingerprint density at radius 2 is 2.07 bits per heavy atom. The van der Waals surface area contributed by atoms with Gasteiger partial charge in [-0.05, 0) is 36.0 Å². The molecule has 0 bridgehead atoms. The van der Waals surface area contributed by atoms with Crippen LogP contribution in [0.25, 0.3) is 0 Å². The van der Waals surface area contributed by atoms with Gasteiger partial charge in [0.05, 0.1) is 6.10 Å². The van der Waals surface area contributed by atoms with E-state index < -0.39 is 0 Å². The summed E-state index contributed by atoms with van der Waals surface area (Å²) in [5.41, 5.74) is 1.09. The molecule has 3 heteroatoms. The van der Waals surface area contributed by atoms with Crippen LogP contribution in [0.2, 0.25) is 10.0 Å². The lowest BCUT2D eigenvalue weighted by Crippen LogP contribution is -2.21. The van der Waals surface area contributed by atoms with Gasteiger partial charge in [0, 0.05) is 16.5 Å². The fourth-order valence-corrected chi connectivity index (χ4v) is 2.16. The molecule has 0 amide bonds. The zero-order chi connectivity index (χ0) is 11.1. The van der Waals surface area contributed by atoms with Gasteiger partial charge in [0.2, 0.25) is 0 Å². The van der Waals surface area contributed by atoms with Crippen molar-refractivity contribution in [2.24, 2.45) is 5.41 Å². The molecular weight excluding hydrogens is 231 g/mol. The molecule has 0 radical (unpaired) electrons. The van der Waals surface area contributed by atoms with E-state index in [-0.39, 0.29) is 11.5 Å². The third kappa shape index (κ3) is 2.47. The van der Waals surface area contributed by atoms with Crippen molar-refractivity contribution < 1.29 is 5.11 Å². The zero-order valence-corrected chi connectivity index (χ0v) is 10.1. The number of hydrogen-bond donors (Lipinski definition) is 1. The van der Waals surface area contributed by atoms with Crippen LogP contribution in [-0.4, -0.2) is 11.2 Å². The van der Waals surface area contributed by atoms with Crippen molar-refractivity contribution in [3.8, 4) is 0 Å². The Hall–Kier alpha value is -0.240. The van der Waals surface area contributed by atoms with Gasteiger partial charge >= 0.3 is 0 Å². The Morgan fingerprint density at radius 1 is 1.40 bits per heavy atom. The van der Waals surface area contributed by atoms with Crippen LogP contribution >= 0.6 is 23.2 Å². The van der Waals surface area contributed by atoms with E-state index in [1.165, 1.54) is 0 Å². The summed E-state index contributed by atoms with van der Waals surface area (Å²) in [4.78, 5) is 0. The Kier molecular flexibility index (Phi) is 2.98. The fourth-order valence-electron chi connectivity index (χ4n) is 1.67. The van der Waals surface area contributed by atoms with Crippen LogP contribution in [0.3, 0.4) is 0 Å². The monoisotopic (exact) mass is 244 g/mol. The van der Waals surface area contributed by atoms with Crippen LogP contribution in [-0.2, 0) is 6.42 Å². The highest BCUT2D eigenvalue weighted by Gasteiger charge is 2.43. The molecule has 1 atom stereocenters. The smallest absolute Gasteiger partial charge is 0.0634 e. The minimum absolute atomic E-state index is 0.114. The molecule has 1 aromatic carbocycles. The number of aliphatic hydroxyl groups excluding tert-OH is 1. The van der Waals surface area contributed by atoms with Crippen molar-refractivity contribution in [2.45, 2.75) is 32.3 Å². The maximum Gasteiger partial charge on any atom is 0.0634 e. The molecule has 0 aromatic heterocycles. The fraction of sp³-hybridized carbons (Fsp3) is 0.500. The number of benzene rings is 1. The van der Waals surface area contributed by atoms with E-state index in [0.717, 1.165) is 18.4 Å². The second kappa shape index (κ2) is 3.97. The van der Waals surface area contributed by atoms with Gasteiger partial charge in [-0.15, -0.1) is 0 Å². The third-order valence-corrected chi connectivity index (χ3v) is 3.86. The Labute approximate surface area is 100 Å². The van der Waals surface area contributed by atoms with Gasteiger partial charge in [0.15, 0.2) is 0 Å². The lowest BCUT2D eigenvalue weighted by atomic mass is 9.95. The molecule has 0 saturated heterocycles. The SMILES string of the molecule is CC1(C(O)Cc2ccc(Cl)cc2Cl)CC1. The molecule has 0 aliphatic heterocycles. The number of aliphatic hydroxyl groups is 1. The van der Waals surface area contributed by atoms with E-state index in [4.69, 9.17) is 23.2 Å². The van der Waals surface area contributed by atoms with Crippen molar-refractivity contribution in [3.63, 3.8) is 0 Å². The number of rotatable bonds is 3. The lowest BCUT2D eigenvalue weighted by Gasteiger charge is -2.18. The molecule has 1 fully saturated rings. The van der Waals surface area contributed by atoms with Crippen molar-refractivity contribution in [1.82, 2.24) is 0 Å². The minimum Gasteiger partial charge on any atom is -0.392 e. The maximum absolute atomic E-state index is 10.0. The number of hydrogen-bond acceptors (Lipinski definition) is 1. The first-order valence-electron chi connectivity index (χ1n) is 5.13. The summed E-state index contributed by atoms with van der Waals surface area (Å²) >= 11 is 11.9. The molecule has 2 rings (SSSR count). The van der Waals surface area contributed by atoms with Crippen molar-refractivity contribution in [1.29, 1.82) is 0 Å². The Morgan fingerprint density at radius 3 is 2.60 bits per heavy atom. The molecular formula is C12H14Cl2O. The highest BCUT2D eigenvalue weighted by Crippen LogP contribution is 2.49. The van der Waals surface area contributed by atoms with E-state index >= 15 is 0 Å². The first-order chi connectivity index (χ1) is 7.01. The molecule has 0 spiro atoms. The summed E-state index contributed by atoms with van der Waals surface area (Å²) in [6.45, 7) is 2.11. The summed E-state index contributed by atoms with van der Waals surface area (Å²) in [5.74, 6) is 0. The van der Waals surface area contributed by atoms with E-state index in [1.54, 1.807) is 6.07 Å². The number of halogens is 2. The van der Waals surface area contributed by atoms with E-state index in [0.29, 0.717) is 16.5 Å².